The Labute approximate surface area is 144 Å². The van der Waals surface area contributed by atoms with E-state index in [0.717, 1.165) is 12.8 Å². The van der Waals surface area contributed by atoms with Crippen LogP contribution in [-0.4, -0.2) is 24.5 Å². The fraction of sp³-hybridized carbons (Fsp3) is 0.579. The topological polar surface area (TPSA) is 67.4 Å². The maximum absolute atomic E-state index is 12.0. The monoisotopic (exact) mass is 332 g/mol. The van der Waals surface area contributed by atoms with Gasteiger partial charge in [0.15, 0.2) is 6.61 Å². The fourth-order valence-electron chi connectivity index (χ4n) is 2.65. The molecule has 0 spiro atoms. The molecule has 1 aromatic carbocycles. The van der Waals surface area contributed by atoms with E-state index in [4.69, 9.17) is 4.74 Å². The first-order valence-corrected chi connectivity index (χ1v) is 8.68. The molecule has 2 N–H and O–H groups in total. The molecule has 0 aromatic heterocycles. The summed E-state index contributed by atoms with van der Waals surface area (Å²) in [7, 11) is 0. The quantitative estimate of drug-likeness (QED) is 0.867. The summed E-state index contributed by atoms with van der Waals surface area (Å²) in [6, 6.07) is 7.40. The third-order valence-electron chi connectivity index (χ3n) is 4.11. The lowest BCUT2D eigenvalue weighted by molar-refractivity contribution is -0.124. The number of carbonyl (C=O) groups is 2. The highest BCUT2D eigenvalue weighted by molar-refractivity contribution is 5.94. The average Bonchev–Trinajstić information content (AvgIpc) is 2.53. The summed E-state index contributed by atoms with van der Waals surface area (Å²) in [6.45, 7) is 5.57. The maximum Gasteiger partial charge on any atom is 0.258 e. The fourth-order valence-corrected chi connectivity index (χ4v) is 2.65. The minimum absolute atomic E-state index is 0.00678. The van der Waals surface area contributed by atoms with E-state index in [1.165, 1.54) is 19.3 Å². The van der Waals surface area contributed by atoms with Crippen molar-refractivity contribution in [2.75, 3.05) is 11.9 Å². The lowest BCUT2D eigenvalue weighted by atomic mass is 9.95. The smallest absolute Gasteiger partial charge is 0.258 e. The van der Waals surface area contributed by atoms with E-state index in [2.05, 4.69) is 10.6 Å². The molecular weight excluding hydrogens is 304 g/mol. The Hall–Kier alpha value is -2.04. The standard InChI is InChI=1S/C19H28N2O3/c1-19(2,3)18(23)21-15-10-7-11-16(12-15)24-13-17(22)20-14-8-5-4-6-9-14/h7,10-12,14H,4-6,8-9,13H2,1-3H3,(H,20,22)(H,21,23). The van der Waals surface area contributed by atoms with Gasteiger partial charge < -0.3 is 15.4 Å². The molecule has 0 saturated heterocycles. The molecular formula is C19H28N2O3. The summed E-state index contributed by atoms with van der Waals surface area (Å²) < 4.78 is 5.55. The van der Waals surface area contributed by atoms with E-state index >= 15 is 0 Å². The minimum Gasteiger partial charge on any atom is -0.484 e. The van der Waals surface area contributed by atoms with Crippen molar-refractivity contribution in [3.05, 3.63) is 24.3 Å². The van der Waals surface area contributed by atoms with Crippen LogP contribution in [0.4, 0.5) is 5.69 Å². The van der Waals surface area contributed by atoms with Crippen LogP contribution >= 0.6 is 0 Å². The van der Waals surface area contributed by atoms with Crippen molar-refractivity contribution in [2.24, 2.45) is 5.41 Å². The molecule has 5 nitrogen and oxygen atoms in total. The molecule has 5 heteroatoms. The van der Waals surface area contributed by atoms with Gasteiger partial charge in [-0.2, -0.15) is 0 Å². The van der Waals surface area contributed by atoms with E-state index in [9.17, 15) is 9.59 Å². The van der Waals surface area contributed by atoms with Gasteiger partial charge in [0.25, 0.3) is 5.91 Å². The summed E-state index contributed by atoms with van der Waals surface area (Å²) in [6.07, 6.45) is 5.73. The third-order valence-corrected chi connectivity index (χ3v) is 4.11. The number of anilines is 1. The second kappa shape index (κ2) is 8.18. The Bertz CT molecular complexity index is 572. The van der Waals surface area contributed by atoms with Gasteiger partial charge in [-0.05, 0) is 25.0 Å². The number of hydrogen-bond acceptors (Lipinski definition) is 3. The molecule has 0 heterocycles. The molecule has 0 radical (unpaired) electrons. The number of ether oxygens (including phenoxy) is 1. The van der Waals surface area contributed by atoms with Gasteiger partial charge in [-0.25, -0.2) is 0 Å². The number of carbonyl (C=O) groups excluding carboxylic acids is 2. The molecule has 0 bridgehead atoms. The van der Waals surface area contributed by atoms with Crippen LogP contribution in [0.5, 0.6) is 5.75 Å². The molecule has 1 saturated carbocycles. The number of nitrogens with one attached hydrogen (secondary N) is 2. The highest BCUT2D eigenvalue weighted by Gasteiger charge is 2.21. The summed E-state index contributed by atoms with van der Waals surface area (Å²) in [5.74, 6) is 0.418. The molecule has 0 atom stereocenters. The molecule has 1 fully saturated rings. The Balaban J connectivity index is 1.83. The molecule has 2 rings (SSSR count). The number of hydrogen-bond donors (Lipinski definition) is 2. The largest absolute Gasteiger partial charge is 0.484 e. The van der Waals surface area contributed by atoms with Crippen molar-refractivity contribution in [2.45, 2.75) is 58.9 Å². The zero-order valence-electron chi connectivity index (χ0n) is 14.9. The van der Waals surface area contributed by atoms with Crippen LogP contribution in [0.25, 0.3) is 0 Å². The number of amides is 2. The van der Waals surface area contributed by atoms with Crippen LogP contribution in [0.1, 0.15) is 52.9 Å². The first-order chi connectivity index (χ1) is 11.3. The normalized spacial score (nSPS) is 15.6. The van der Waals surface area contributed by atoms with Crippen molar-refractivity contribution >= 4 is 17.5 Å². The van der Waals surface area contributed by atoms with E-state index in [0.29, 0.717) is 11.4 Å². The van der Waals surface area contributed by atoms with Gasteiger partial charge in [0.05, 0.1) is 0 Å². The molecule has 0 aliphatic heterocycles. The van der Waals surface area contributed by atoms with E-state index in [1.807, 2.05) is 20.8 Å². The van der Waals surface area contributed by atoms with Gasteiger partial charge in [0, 0.05) is 23.2 Å². The summed E-state index contributed by atoms with van der Waals surface area (Å²) >= 11 is 0. The first kappa shape index (κ1) is 18.3. The van der Waals surface area contributed by atoms with Crippen molar-refractivity contribution in [1.29, 1.82) is 0 Å². The molecule has 2 amide bonds. The highest BCUT2D eigenvalue weighted by Crippen LogP contribution is 2.21. The van der Waals surface area contributed by atoms with Gasteiger partial charge in [-0.15, -0.1) is 0 Å². The average molecular weight is 332 g/mol. The van der Waals surface area contributed by atoms with Crippen LogP contribution < -0.4 is 15.4 Å². The number of benzene rings is 1. The zero-order chi connectivity index (χ0) is 17.6. The Morgan fingerprint density at radius 1 is 1.17 bits per heavy atom. The van der Waals surface area contributed by atoms with Crippen LogP contribution in [0.15, 0.2) is 24.3 Å². The summed E-state index contributed by atoms with van der Waals surface area (Å²) in [5, 5.41) is 5.88. The minimum atomic E-state index is -0.462. The number of rotatable bonds is 5. The maximum atomic E-state index is 12.0. The van der Waals surface area contributed by atoms with Gasteiger partial charge in [0.1, 0.15) is 5.75 Å². The van der Waals surface area contributed by atoms with Crippen molar-refractivity contribution in [3.63, 3.8) is 0 Å². The van der Waals surface area contributed by atoms with Crippen molar-refractivity contribution in [3.8, 4) is 5.75 Å². The van der Waals surface area contributed by atoms with E-state index < -0.39 is 5.41 Å². The first-order valence-electron chi connectivity index (χ1n) is 8.68. The van der Waals surface area contributed by atoms with Gasteiger partial charge in [0.2, 0.25) is 5.91 Å². The second-order valence-electron chi connectivity index (χ2n) is 7.42. The van der Waals surface area contributed by atoms with Gasteiger partial charge in [-0.1, -0.05) is 46.1 Å². The Morgan fingerprint density at radius 2 is 1.88 bits per heavy atom. The lowest BCUT2D eigenvalue weighted by Gasteiger charge is -2.22. The molecule has 1 aliphatic carbocycles. The second-order valence-corrected chi connectivity index (χ2v) is 7.42. The van der Waals surface area contributed by atoms with E-state index in [-0.39, 0.29) is 24.5 Å². The van der Waals surface area contributed by atoms with Crippen molar-refractivity contribution < 1.29 is 14.3 Å². The SMILES string of the molecule is CC(C)(C)C(=O)Nc1cccc(OCC(=O)NC2CCCCC2)c1. The van der Waals surface area contributed by atoms with E-state index in [1.54, 1.807) is 24.3 Å². The highest BCUT2D eigenvalue weighted by atomic mass is 16.5. The summed E-state index contributed by atoms with van der Waals surface area (Å²) in [4.78, 5) is 24.0. The molecule has 1 aliphatic rings. The van der Waals surface area contributed by atoms with Gasteiger partial charge >= 0.3 is 0 Å². The Kier molecular flexibility index (Phi) is 6.23. The third kappa shape index (κ3) is 5.87. The van der Waals surface area contributed by atoms with Crippen LogP contribution in [0.3, 0.4) is 0 Å². The predicted octanol–water partition coefficient (Wildman–Crippen LogP) is 3.50. The van der Waals surface area contributed by atoms with Crippen molar-refractivity contribution in [1.82, 2.24) is 5.32 Å². The predicted molar refractivity (Wildman–Crippen MR) is 95.0 cm³/mol. The molecule has 24 heavy (non-hydrogen) atoms. The molecule has 0 unspecified atom stereocenters. The van der Waals surface area contributed by atoms with Crippen LogP contribution in [0.2, 0.25) is 0 Å². The van der Waals surface area contributed by atoms with Crippen LogP contribution in [0, 0.1) is 5.41 Å². The molecule has 132 valence electrons. The summed E-state index contributed by atoms with van der Waals surface area (Å²) in [5.41, 5.74) is 0.205. The molecule has 1 aromatic rings. The van der Waals surface area contributed by atoms with Crippen LogP contribution in [-0.2, 0) is 9.59 Å². The van der Waals surface area contributed by atoms with Gasteiger partial charge in [-0.3, -0.25) is 9.59 Å². The Morgan fingerprint density at radius 3 is 2.54 bits per heavy atom. The lowest BCUT2D eigenvalue weighted by Crippen LogP contribution is -2.38. The zero-order valence-corrected chi connectivity index (χ0v) is 14.9.